The van der Waals surface area contributed by atoms with Crippen LogP contribution in [0, 0.1) is 17.0 Å². The van der Waals surface area contributed by atoms with Gasteiger partial charge in [-0.3, -0.25) is 9.88 Å². The van der Waals surface area contributed by atoms with E-state index in [-0.39, 0.29) is 34.3 Å². The molecule has 7 nitrogen and oxygen atoms in total. The van der Waals surface area contributed by atoms with Crippen LogP contribution in [-0.2, 0) is 0 Å². The number of piperidine rings is 1. The molecular formula is C33H35F2N5O2. The zero-order valence-corrected chi connectivity index (χ0v) is 23.7. The summed E-state index contributed by atoms with van der Waals surface area (Å²) in [7, 11) is 0. The zero-order chi connectivity index (χ0) is 28.5. The van der Waals surface area contributed by atoms with Crippen LogP contribution in [0.2, 0.25) is 0 Å². The third kappa shape index (κ3) is 4.00. The topological polar surface area (TPSA) is 74.6 Å². The molecule has 9 heteroatoms. The lowest BCUT2D eigenvalue weighted by Gasteiger charge is -2.52. The van der Waals surface area contributed by atoms with E-state index in [9.17, 15) is 5.11 Å². The van der Waals surface area contributed by atoms with Crippen molar-refractivity contribution in [3.63, 3.8) is 0 Å². The first kappa shape index (κ1) is 26.2. The van der Waals surface area contributed by atoms with E-state index in [0.717, 1.165) is 71.0 Å². The van der Waals surface area contributed by atoms with Gasteiger partial charge in [-0.05, 0) is 75.9 Å². The maximum atomic E-state index is 16.6. The van der Waals surface area contributed by atoms with Crippen molar-refractivity contribution >= 4 is 27.5 Å². The van der Waals surface area contributed by atoms with Gasteiger partial charge < -0.3 is 14.7 Å². The Hall–Kier alpha value is -3.43. The minimum atomic E-state index is -0.617. The number of rotatable bonds is 5. The van der Waals surface area contributed by atoms with Crippen LogP contribution in [0.5, 0.6) is 6.01 Å². The molecule has 2 aromatic carbocycles. The molecule has 2 atom stereocenters. The van der Waals surface area contributed by atoms with Gasteiger partial charge in [0.05, 0.1) is 17.0 Å². The molecular weight excluding hydrogens is 536 g/mol. The summed E-state index contributed by atoms with van der Waals surface area (Å²) in [6, 6.07) is 10.3. The van der Waals surface area contributed by atoms with Crippen LogP contribution >= 0.6 is 0 Å². The Morgan fingerprint density at radius 2 is 1.74 bits per heavy atom. The third-order valence-corrected chi connectivity index (χ3v) is 10.6. The van der Waals surface area contributed by atoms with E-state index < -0.39 is 11.6 Å². The van der Waals surface area contributed by atoms with Gasteiger partial charge in [-0.2, -0.15) is 9.97 Å². The summed E-state index contributed by atoms with van der Waals surface area (Å²) < 4.78 is 38.0. The number of nitrogens with zero attached hydrogens (tertiary/aromatic N) is 5. The molecule has 4 fully saturated rings. The molecule has 1 N–H and O–H groups in total. The quantitative estimate of drug-likeness (QED) is 0.321. The lowest BCUT2D eigenvalue weighted by atomic mass is 9.62. The standard InChI is InChI=1S/C33H35F2N5O2/c34-24-9-2-7-21-6-1-8-22(26(21)24)28-27(35)29-23(18-36-28)30(39-15-3-11-32(19-39)14-10-25(32)41)38-31(37-29)42-20-33-12-4-16-40(33)17-5-13-33/h1-2,6-9,18,25,41H,3-5,10-17,19-20H2. The van der Waals surface area contributed by atoms with Crippen molar-refractivity contribution in [3.05, 3.63) is 54.2 Å². The van der Waals surface area contributed by atoms with E-state index in [4.69, 9.17) is 9.72 Å². The fourth-order valence-corrected chi connectivity index (χ4v) is 8.17. The average Bonchev–Trinajstić information content (AvgIpc) is 3.60. The van der Waals surface area contributed by atoms with Gasteiger partial charge in [0.1, 0.15) is 29.5 Å². The van der Waals surface area contributed by atoms with Crippen LogP contribution in [0.25, 0.3) is 32.9 Å². The fourth-order valence-electron chi connectivity index (χ4n) is 8.17. The number of aliphatic hydroxyl groups is 1. The van der Waals surface area contributed by atoms with Gasteiger partial charge in [-0.15, -0.1) is 0 Å². The predicted octanol–water partition coefficient (Wildman–Crippen LogP) is 5.87. The van der Waals surface area contributed by atoms with Gasteiger partial charge in [-0.1, -0.05) is 30.3 Å². The number of anilines is 1. The molecule has 4 aliphatic rings. The van der Waals surface area contributed by atoms with Gasteiger partial charge in [0.15, 0.2) is 5.82 Å². The second-order valence-corrected chi connectivity index (χ2v) is 12.8. The molecule has 42 heavy (non-hydrogen) atoms. The predicted molar refractivity (Wildman–Crippen MR) is 158 cm³/mol. The summed E-state index contributed by atoms with van der Waals surface area (Å²) in [4.78, 5) is 18.7. The molecule has 2 unspecified atom stereocenters. The number of benzene rings is 2. The minimum Gasteiger partial charge on any atom is -0.461 e. The molecule has 2 aromatic heterocycles. The van der Waals surface area contributed by atoms with Crippen LogP contribution in [0.4, 0.5) is 14.6 Å². The number of aliphatic hydroxyl groups excluding tert-OH is 1. The minimum absolute atomic E-state index is 0.00781. The SMILES string of the molecule is OC1CCC12CCCN(c1nc(OCC34CCCN3CCC4)nc3c(F)c(-c4cccc5cccc(F)c45)ncc13)C2. The molecule has 218 valence electrons. The number of ether oxygens (including phenoxy) is 1. The van der Waals surface area contributed by atoms with Crippen molar-refractivity contribution in [2.45, 2.75) is 63.0 Å². The number of hydrogen-bond donors (Lipinski definition) is 1. The van der Waals surface area contributed by atoms with Gasteiger partial charge in [0, 0.05) is 35.7 Å². The van der Waals surface area contributed by atoms with Crippen molar-refractivity contribution < 1.29 is 18.6 Å². The van der Waals surface area contributed by atoms with Gasteiger partial charge in [0.2, 0.25) is 0 Å². The van der Waals surface area contributed by atoms with Crippen LogP contribution in [0.3, 0.4) is 0 Å². The number of hydrogen-bond acceptors (Lipinski definition) is 7. The molecule has 5 heterocycles. The number of aromatic nitrogens is 3. The van der Waals surface area contributed by atoms with E-state index in [2.05, 4.69) is 19.8 Å². The molecule has 1 saturated carbocycles. The van der Waals surface area contributed by atoms with Crippen molar-refractivity contribution in [1.29, 1.82) is 0 Å². The van der Waals surface area contributed by atoms with Crippen molar-refractivity contribution in [2.24, 2.45) is 5.41 Å². The van der Waals surface area contributed by atoms with Gasteiger partial charge in [0.25, 0.3) is 0 Å². The highest BCUT2D eigenvalue weighted by atomic mass is 19.1. The highest BCUT2D eigenvalue weighted by molar-refractivity contribution is 5.99. The Morgan fingerprint density at radius 3 is 2.50 bits per heavy atom. The summed E-state index contributed by atoms with van der Waals surface area (Å²) in [6.45, 7) is 4.02. The second-order valence-electron chi connectivity index (χ2n) is 12.8. The van der Waals surface area contributed by atoms with E-state index >= 15 is 8.78 Å². The number of pyridine rings is 1. The smallest absolute Gasteiger partial charge is 0.319 e. The van der Waals surface area contributed by atoms with Crippen LogP contribution in [0.15, 0.2) is 42.6 Å². The molecule has 4 aromatic rings. The van der Waals surface area contributed by atoms with E-state index in [1.807, 2.05) is 12.1 Å². The average molecular weight is 572 g/mol. The Kier molecular flexibility index (Phi) is 6.12. The van der Waals surface area contributed by atoms with E-state index in [1.165, 1.54) is 6.07 Å². The maximum absolute atomic E-state index is 16.6. The van der Waals surface area contributed by atoms with Crippen molar-refractivity contribution in [3.8, 4) is 17.3 Å². The Balaban J connectivity index is 1.25. The summed E-state index contributed by atoms with van der Waals surface area (Å²) in [5, 5.41) is 12.2. The lowest BCUT2D eigenvalue weighted by Crippen LogP contribution is -2.55. The van der Waals surface area contributed by atoms with Gasteiger partial charge >= 0.3 is 6.01 Å². The van der Waals surface area contributed by atoms with Crippen LogP contribution < -0.4 is 9.64 Å². The molecule has 3 saturated heterocycles. The van der Waals surface area contributed by atoms with Crippen LogP contribution in [-0.4, -0.2) is 69.4 Å². The third-order valence-electron chi connectivity index (χ3n) is 10.6. The lowest BCUT2D eigenvalue weighted by molar-refractivity contribution is -0.0719. The molecule has 0 radical (unpaired) electrons. The molecule has 0 amide bonds. The highest BCUT2D eigenvalue weighted by Crippen LogP contribution is 2.49. The van der Waals surface area contributed by atoms with Gasteiger partial charge in [-0.25, -0.2) is 8.78 Å². The van der Waals surface area contributed by atoms with E-state index in [1.54, 1.807) is 24.4 Å². The highest BCUT2D eigenvalue weighted by Gasteiger charge is 2.49. The second kappa shape index (κ2) is 9.81. The fraction of sp³-hybridized carbons (Fsp3) is 0.485. The molecule has 3 aliphatic heterocycles. The molecule has 0 bridgehead atoms. The van der Waals surface area contributed by atoms with E-state index in [0.29, 0.717) is 40.7 Å². The van der Waals surface area contributed by atoms with Crippen molar-refractivity contribution in [1.82, 2.24) is 19.9 Å². The Bertz CT molecular complexity index is 1680. The Labute approximate surface area is 243 Å². The Morgan fingerprint density at radius 1 is 0.952 bits per heavy atom. The normalized spacial score (nSPS) is 25.3. The number of halogens is 2. The van der Waals surface area contributed by atoms with Crippen LogP contribution in [0.1, 0.15) is 51.4 Å². The maximum Gasteiger partial charge on any atom is 0.319 e. The summed E-state index contributed by atoms with van der Waals surface area (Å²) in [5.41, 5.74) is 0.389. The molecule has 1 aliphatic carbocycles. The molecule has 1 spiro atoms. The first-order chi connectivity index (χ1) is 20.5. The van der Waals surface area contributed by atoms with Crippen molar-refractivity contribution in [2.75, 3.05) is 37.7 Å². The largest absolute Gasteiger partial charge is 0.461 e. The summed E-state index contributed by atoms with van der Waals surface area (Å²) in [6.07, 6.45) is 9.41. The summed E-state index contributed by atoms with van der Waals surface area (Å²) >= 11 is 0. The summed E-state index contributed by atoms with van der Waals surface area (Å²) in [5.74, 6) is -0.456. The first-order valence-electron chi connectivity index (χ1n) is 15.3. The first-order valence-corrected chi connectivity index (χ1v) is 15.3. The monoisotopic (exact) mass is 571 g/mol. The molecule has 8 rings (SSSR count). The number of fused-ring (bicyclic) bond motifs is 3. The zero-order valence-electron chi connectivity index (χ0n) is 23.7.